The Morgan fingerprint density at radius 2 is 1.29 bits per heavy atom. The van der Waals surface area contributed by atoms with Gasteiger partial charge in [-0.2, -0.15) is 0 Å². The van der Waals surface area contributed by atoms with Crippen LogP contribution in [0.3, 0.4) is 0 Å². The van der Waals surface area contributed by atoms with Gasteiger partial charge in [0.05, 0.1) is 12.7 Å². The summed E-state index contributed by atoms with van der Waals surface area (Å²) in [5.74, 6) is -0.136. The van der Waals surface area contributed by atoms with Gasteiger partial charge in [0.2, 0.25) is 0 Å². The number of hydrogen-bond donors (Lipinski definition) is 0. The molecular weight excluding hydrogens is 348 g/mol. The molecule has 0 saturated carbocycles. The second-order valence-electron chi connectivity index (χ2n) is 7.12. The lowest BCUT2D eigenvalue weighted by Crippen LogP contribution is -2.13. The quantitative estimate of drug-likeness (QED) is 0.142. The van der Waals surface area contributed by atoms with Crippen molar-refractivity contribution in [1.82, 2.24) is 0 Å². The summed E-state index contributed by atoms with van der Waals surface area (Å²) in [4.78, 5) is 11.5. The second-order valence-corrected chi connectivity index (χ2v) is 7.12. The van der Waals surface area contributed by atoms with Gasteiger partial charge in [-0.15, -0.1) is 0 Å². The summed E-state index contributed by atoms with van der Waals surface area (Å²) >= 11 is 0. The smallest absolute Gasteiger partial charge is 0.305 e. The predicted molar refractivity (Wildman–Crippen MR) is 120 cm³/mol. The number of carbonyl (C=O) groups excluding carboxylic acids is 1. The van der Waals surface area contributed by atoms with E-state index in [2.05, 4.69) is 55.5 Å². The van der Waals surface area contributed by atoms with Crippen molar-refractivity contribution in [3.8, 4) is 0 Å². The molecule has 0 spiro atoms. The van der Waals surface area contributed by atoms with E-state index in [4.69, 9.17) is 9.47 Å². The van der Waals surface area contributed by atoms with Gasteiger partial charge in [0, 0.05) is 6.42 Å². The Bertz CT molecular complexity index is 458. The van der Waals surface area contributed by atoms with Crippen molar-refractivity contribution in [3.63, 3.8) is 0 Å². The number of allylic oxidation sites excluding steroid dienone is 8. The molecule has 0 aliphatic carbocycles. The summed E-state index contributed by atoms with van der Waals surface area (Å²) in [6.45, 7) is 6.99. The van der Waals surface area contributed by atoms with E-state index in [9.17, 15) is 4.79 Å². The maximum absolute atomic E-state index is 11.5. The maximum Gasteiger partial charge on any atom is 0.305 e. The Kier molecular flexibility index (Phi) is 20.4. The third-order valence-electron chi connectivity index (χ3n) is 4.01. The fourth-order valence-electron chi connectivity index (χ4n) is 2.44. The lowest BCUT2D eigenvalue weighted by molar-refractivity contribution is -0.145. The summed E-state index contributed by atoms with van der Waals surface area (Å²) in [5.41, 5.74) is 0. The Hall–Kier alpha value is -1.61. The molecule has 0 aliphatic rings. The normalized spacial score (nSPS) is 12.4. The van der Waals surface area contributed by atoms with Crippen molar-refractivity contribution in [2.24, 2.45) is 0 Å². The van der Waals surface area contributed by atoms with Crippen LogP contribution in [-0.2, 0) is 14.3 Å². The van der Waals surface area contributed by atoms with E-state index in [1.54, 1.807) is 0 Å². The van der Waals surface area contributed by atoms with Gasteiger partial charge in [0.1, 0.15) is 6.61 Å². The topological polar surface area (TPSA) is 35.5 Å². The van der Waals surface area contributed by atoms with Crippen LogP contribution in [0.25, 0.3) is 0 Å². The second kappa shape index (κ2) is 21.7. The van der Waals surface area contributed by atoms with E-state index >= 15 is 0 Å². The molecule has 0 aromatic carbocycles. The first-order valence-corrected chi connectivity index (χ1v) is 11.0. The molecule has 0 saturated heterocycles. The average molecular weight is 391 g/mol. The van der Waals surface area contributed by atoms with Gasteiger partial charge in [-0.05, 0) is 58.8 Å². The Labute approximate surface area is 173 Å². The first-order chi connectivity index (χ1) is 13.7. The van der Waals surface area contributed by atoms with Gasteiger partial charge in [0.15, 0.2) is 0 Å². The highest BCUT2D eigenvalue weighted by atomic mass is 16.6. The minimum atomic E-state index is -0.136. The average Bonchev–Trinajstić information content (AvgIpc) is 2.67. The molecule has 0 bridgehead atoms. The molecule has 0 amide bonds. The third-order valence-corrected chi connectivity index (χ3v) is 4.01. The number of esters is 1. The highest BCUT2D eigenvalue weighted by Crippen LogP contribution is 2.02. The lowest BCUT2D eigenvalue weighted by Gasteiger charge is -2.07. The first kappa shape index (κ1) is 26.4. The molecule has 0 fully saturated rings. The molecular formula is C25H42O3. The minimum absolute atomic E-state index is 0.136. The zero-order valence-corrected chi connectivity index (χ0v) is 18.4. The summed E-state index contributed by atoms with van der Waals surface area (Å²) in [7, 11) is 0. The van der Waals surface area contributed by atoms with Gasteiger partial charge in [-0.1, -0.05) is 68.4 Å². The van der Waals surface area contributed by atoms with Crippen LogP contribution in [-0.4, -0.2) is 25.3 Å². The molecule has 0 heterocycles. The van der Waals surface area contributed by atoms with E-state index in [-0.39, 0.29) is 12.1 Å². The van der Waals surface area contributed by atoms with E-state index in [0.29, 0.717) is 19.6 Å². The SMILES string of the molecule is CCCCC/C=C\C/C=C\C/C=C\C/C=C\CCCC(=O)OCCOC(C)C. The highest BCUT2D eigenvalue weighted by Gasteiger charge is 2.01. The summed E-state index contributed by atoms with van der Waals surface area (Å²) < 4.78 is 10.4. The molecule has 0 radical (unpaired) electrons. The number of carbonyl (C=O) groups is 1. The summed E-state index contributed by atoms with van der Waals surface area (Å²) in [5, 5.41) is 0. The minimum Gasteiger partial charge on any atom is -0.463 e. The fraction of sp³-hybridized carbons (Fsp3) is 0.640. The molecule has 0 unspecified atom stereocenters. The Morgan fingerprint density at radius 3 is 1.82 bits per heavy atom. The van der Waals surface area contributed by atoms with Crippen molar-refractivity contribution in [1.29, 1.82) is 0 Å². The van der Waals surface area contributed by atoms with E-state index in [1.807, 2.05) is 13.8 Å². The van der Waals surface area contributed by atoms with Crippen LogP contribution in [0.1, 0.15) is 85.0 Å². The summed E-state index contributed by atoms with van der Waals surface area (Å²) in [6.07, 6.45) is 28.2. The molecule has 28 heavy (non-hydrogen) atoms. The number of unbranched alkanes of at least 4 members (excludes halogenated alkanes) is 4. The predicted octanol–water partition coefficient (Wildman–Crippen LogP) is 7.10. The van der Waals surface area contributed by atoms with Gasteiger partial charge in [0.25, 0.3) is 0 Å². The van der Waals surface area contributed by atoms with Gasteiger partial charge in [-0.25, -0.2) is 0 Å². The largest absolute Gasteiger partial charge is 0.463 e. The van der Waals surface area contributed by atoms with Crippen LogP contribution in [0.5, 0.6) is 0 Å². The number of ether oxygens (including phenoxy) is 2. The van der Waals surface area contributed by atoms with Crippen molar-refractivity contribution < 1.29 is 14.3 Å². The monoisotopic (exact) mass is 390 g/mol. The molecule has 0 aromatic heterocycles. The molecule has 0 aliphatic heterocycles. The van der Waals surface area contributed by atoms with Gasteiger partial charge in [-0.3, -0.25) is 4.79 Å². The van der Waals surface area contributed by atoms with Crippen LogP contribution in [0.15, 0.2) is 48.6 Å². The zero-order valence-electron chi connectivity index (χ0n) is 18.4. The summed E-state index contributed by atoms with van der Waals surface area (Å²) in [6, 6.07) is 0. The number of rotatable bonds is 18. The molecule has 0 aromatic rings. The van der Waals surface area contributed by atoms with Crippen LogP contribution < -0.4 is 0 Å². The molecule has 3 heteroatoms. The molecule has 3 nitrogen and oxygen atoms in total. The Balaban J connectivity index is 3.46. The fourth-order valence-corrected chi connectivity index (χ4v) is 2.44. The van der Waals surface area contributed by atoms with Crippen molar-refractivity contribution in [2.75, 3.05) is 13.2 Å². The highest BCUT2D eigenvalue weighted by molar-refractivity contribution is 5.69. The standard InChI is InChI=1S/C25H42O3/c1-4-5-6-7-8-9-10-11-12-13-14-15-16-17-18-19-20-21-25(26)28-23-22-27-24(2)3/h8-9,11-12,14-15,17-18,24H,4-7,10,13,16,19-23H2,1-3H3/b9-8-,12-11-,15-14-,18-17-. The van der Waals surface area contributed by atoms with Crippen LogP contribution in [0.4, 0.5) is 0 Å². The van der Waals surface area contributed by atoms with Crippen LogP contribution in [0.2, 0.25) is 0 Å². The third kappa shape index (κ3) is 22.4. The van der Waals surface area contributed by atoms with E-state index < -0.39 is 0 Å². The number of hydrogen-bond acceptors (Lipinski definition) is 3. The molecule has 0 rings (SSSR count). The van der Waals surface area contributed by atoms with E-state index in [0.717, 1.165) is 32.1 Å². The first-order valence-electron chi connectivity index (χ1n) is 11.0. The zero-order chi connectivity index (χ0) is 20.7. The van der Waals surface area contributed by atoms with E-state index in [1.165, 1.54) is 25.7 Å². The lowest BCUT2D eigenvalue weighted by atomic mass is 10.2. The van der Waals surface area contributed by atoms with Crippen LogP contribution >= 0.6 is 0 Å². The van der Waals surface area contributed by atoms with Crippen molar-refractivity contribution >= 4 is 5.97 Å². The van der Waals surface area contributed by atoms with Gasteiger partial charge < -0.3 is 9.47 Å². The Morgan fingerprint density at radius 1 is 0.750 bits per heavy atom. The molecule has 160 valence electrons. The van der Waals surface area contributed by atoms with Crippen LogP contribution in [0, 0.1) is 0 Å². The van der Waals surface area contributed by atoms with Crippen molar-refractivity contribution in [3.05, 3.63) is 48.6 Å². The van der Waals surface area contributed by atoms with Gasteiger partial charge >= 0.3 is 5.97 Å². The molecule has 0 N–H and O–H groups in total. The van der Waals surface area contributed by atoms with Crippen molar-refractivity contribution in [2.45, 2.75) is 91.1 Å². The maximum atomic E-state index is 11.5. The molecule has 0 atom stereocenters.